The maximum Gasteiger partial charge on any atom is 0.341 e. The topological polar surface area (TPSA) is 70.9 Å². The van der Waals surface area contributed by atoms with Gasteiger partial charge in [-0.15, -0.1) is 0 Å². The molecule has 0 saturated carbocycles. The molecule has 0 amide bonds. The van der Waals surface area contributed by atoms with Crippen LogP contribution < -0.4 is 10.2 Å². The highest BCUT2D eigenvalue weighted by atomic mass is 79.9. The number of nitrogens with one attached hydrogen (secondary N) is 1. The summed E-state index contributed by atoms with van der Waals surface area (Å²) in [6, 6.07) is 15.6. The van der Waals surface area contributed by atoms with Gasteiger partial charge in [-0.05, 0) is 35.4 Å². The lowest BCUT2D eigenvalue weighted by molar-refractivity contribution is -0.139. The quantitative estimate of drug-likeness (QED) is 0.841. The Labute approximate surface area is 142 Å². The third-order valence-electron chi connectivity index (χ3n) is 3.58. The Morgan fingerprint density at radius 2 is 1.91 bits per heavy atom. The molecule has 0 saturated heterocycles. The van der Waals surface area contributed by atoms with E-state index in [2.05, 4.69) is 26.5 Å². The number of hydrogen-bond acceptors (Lipinski definition) is 4. The van der Waals surface area contributed by atoms with E-state index in [9.17, 15) is 4.79 Å². The molecule has 6 heteroatoms. The molecule has 0 spiro atoms. The number of benzene rings is 2. The minimum Gasteiger partial charge on any atom is -0.482 e. The van der Waals surface area contributed by atoms with Gasteiger partial charge in [0.1, 0.15) is 5.75 Å². The van der Waals surface area contributed by atoms with Crippen LogP contribution in [0.25, 0.3) is 0 Å². The first kappa shape index (κ1) is 15.6. The highest BCUT2D eigenvalue weighted by Gasteiger charge is 2.21. The van der Waals surface area contributed by atoms with Crippen LogP contribution in [0.2, 0.25) is 0 Å². The van der Waals surface area contributed by atoms with Gasteiger partial charge in [-0.1, -0.05) is 40.2 Å². The lowest BCUT2D eigenvalue weighted by Gasteiger charge is -2.11. The van der Waals surface area contributed by atoms with E-state index in [1.165, 1.54) is 0 Å². The van der Waals surface area contributed by atoms with Crippen LogP contribution in [0.3, 0.4) is 0 Å². The third kappa shape index (κ3) is 3.90. The molecular formula is C17H15BrN2O3. The second kappa shape index (κ2) is 6.83. The molecule has 1 heterocycles. The zero-order valence-electron chi connectivity index (χ0n) is 12.2. The third-order valence-corrected chi connectivity index (χ3v) is 4.10. The molecule has 0 fully saturated rings. The number of carbonyl (C=O) groups is 1. The number of halogens is 1. The average molecular weight is 375 g/mol. The number of aliphatic carboxylic acids is 1. The molecule has 1 aliphatic rings. The normalized spacial score (nSPS) is 16.6. The molecular weight excluding hydrogens is 360 g/mol. The van der Waals surface area contributed by atoms with Gasteiger partial charge >= 0.3 is 5.97 Å². The molecule has 0 aromatic heterocycles. The Morgan fingerprint density at radius 1 is 1.22 bits per heavy atom. The second-order valence-corrected chi connectivity index (χ2v) is 6.12. The predicted molar refractivity (Wildman–Crippen MR) is 90.7 cm³/mol. The van der Waals surface area contributed by atoms with Gasteiger partial charge in [-0.2, -0.15) is 5.10 Å². The lowest BCUT2D eigenvalue weighted by Crippen LogP contribution is -2.11. The van der Waals surface area contributed by atoms with Crippen molar-refractivity contribution in [3.05, 3.63) is 64.1 Å². The van der Waals surface area contributed by atoms with Gasteiger partial charge in [0.25, 0.3) is 0 Å². The van der Waals surface area contributed by atoms with Gasteiger partial charge in [-0.25, -0.2) is 4.79 Å². The van der Waals surface area contributed by atoms with Crippen molar-refractivity contribution in [2.24, 2.45) is 5.10 Å². The summed E-state index contributed by atoms with van der Waals surface area (Å²) in [7, 11) is 0. The number of ether oxygens (including phenoxy) is 1. The van der Waals surface area contributed by atoms with E-state index in [4.69, 9.17) is 9.84 Å². The highest BCUT2D eigenvalue weighted by molar-refractivity contribution is 9.10. The van der Waals surface area contributed by atoms with Crippen LogP contribution in [0.5, 0.6) is 5.75 Å². The van der Waals surface area contributed by atoms with Gasteiger partial charge in [0, 0.05) is 10.9 Å². The molecule has 1 atom stereocenters. The Kier molecular flexibility index (Phi) is 4.62. The summed E-state index contributed by atoms with van der Waals surface area (Å²) in [4.78, 5) is 10.5. The SMILES string of the molecule is O=C(O)COc1ccc(C2CC(c3ccc(Br)cc3)=NN2)cc1. The van der Waals surface area contributed by atoms with Crippen molar-refractivity contribution < 1.29 is 14.6 Å². The average Bonchev–Trinajstić information content (AvgIpc) is 3.04. The molecule has 2 N–H and O–H groups in total. The maximum atomic E-state index is 10.5. The maximum absolute atomic E-state index is 10.5. The molecule has 5 nitrogen and oxygen atoms in total. The number of hydrogen-bond donors (Lipinski definition) is 2. The fraction of sp³-hybridized carbons (Fsp3) is 0.176. The van der Waals surface area contributed by atoms with Crippen LogP contribution in [0.15, 0.2) is 58.1 Å². The van der Waals surface area contributed by atoms with Gasteiger partial charge < -0.3 is 15.3 Å². The molecule has 2 aromatic carbocycles. The van der Waals surface area contributed by atoms with Crippen molar-refractivity contribution in [2.45, 2.75) is 12.5 Å². The number of hydrazone groups is 1. The van der Waals surface area contributed by atoms with Crippen LogP contribution in [0, 0.1) is 0 Å². The van der Waals surface area contributed by atoms with Crippen LogP contribution >= 0.6 is 15.9 Å². The predicted octanol–water partition coefficient (Wildman–Crippen LogP) is 3.35. The van der Waals surface area contributed by atoms with Crippen LogP contribution in [-0.2, 0) is 4.79 Å². The van der Waals surface area contributed by atoms with E-state index in [1.54, 1.807) is 12.1 Å². The van der Waals surface area contributed by atoms with Gasteiger partial charge in [-0.3, -0.25) is 0 Å². The van der Waals surface area contributed by atoms with E-state index in [-0.39, 0.29) is 12.6 Å². The van der Waals surface area contributed by atoms with E-state index in [0.29, 0.717) is 5.75 Å². The Hall–Kier alpha value is -2.34. The zero-order valence-corrected chi connectivity index (χ0v) is 13.8. The van der Waals surface area contributed by atoms with Crippen LogP contribution in [0.1, 0.15) is 23.6 Å². The lowest BCUT2D eigenvalue weighted by atomic mass is 9.99. The molecule has 0 radical (unpaired) electrons. The van der Waals surface area contributed by atoms with E-state index < -0.39 is 5.97 Å². The number of carboxylic acids is 1. The van der Waals surface area contributed by atoms with Crippen molar-refractivity contribution >= 4 is 27.6 Å². The van der Waals surface area contributed by atoms with Crippen molar-refractivity contribution in [2.75, 3.05) is 6.61 Å². The van der Waals surface area contributed by atoms with Crippen molar-refractivity contribution in [1.29, 1.82) is 0 Å². The Bertz CT molecular complexity index is 727. The molecule has 1 unspecified atom stereocenters. The summed E-state index contributed by atoms with van der Waals surface area (Å²) in [5.74, 6) is -0.442. The van der Waals surface area contributed by atoms with E-state index in [1.807, 2.05) is 36.4 Å². The molecule has 0 aliphatic carbocycles. The molecule has 0 bridgehead atoms. The number of carboxylic acid groups (broad SMARTS) is 1. The van der Waals surface area contributed by atoms with Gasteiger partial charge in [0.15, 0.2) is 6.61 Å². The summed E-state index contributed by atoms with van der Waals surface area (Å²) in [5.41, 5.74) is 6.36. The fourth-order valence-electron chi connectivity index (χ4n) is 2.40. The second-order valence-electron chi connectivity index (χ2n) is 5.20. The molecule has 23 heavy (non-hydrogen) atoms. The first-order valence-corrected chi connectivity index (χ1v) is 7.94. The van der Waals surface area contributed by atoms with Gasteiger partial charge in [0.05, 0.1) is 11.8 Å². The highest BCUT2D eigenvalue weighted by Crippen LogP contribution is 2.26. The Balaban J connectivity index is 1.63. The first-order valence-electron chi connectivity index (χ1n) is 7.14. The first-order chi connectivity index (χ1) is 11.1. The standard InChI is InChI=1S/C17H15BrN2O3/c18-13-5-1-11(2-6-13)15-9-16(20-19-15)12-3-7-14(8-4-12)23-10-17(21)22/h1-8,16,20H,9-10H2,(H,21,22). The summed E-state index contributed by atoms with van der Waals surface area (Å²) in [6.07, 6.45) is 0.803. The molecule has 2 aromatic rings. The summed E-state index contributed by atoms with van der Waals surface area (Å²) in [5, 5.41) is 13.0. The number of rotatable bonds is 5. The minimum atomic E-state index is -0.987. The van der Waals surface area contributed by atoms with E-state index in [0.717, 1.165) is 27.7 Å². The van der Waals surface area contributed by atoms with Crippen molar-refractivity contribution in [3.8, 4) is 5.75 Å². The molecule has 118 valence electrons. The van der Waals surface area contributed by atoms with Crippen molar-refractivity contribution in [3.63, 3.8) is 0 Å². The smallest absolute Gasteiger partial charge is 0.341 e. The largest absolute Gasteiger partial charge is 0.482 e. The fourth-order valence-corrected chi connectivity index (χ4v) is 2.66. The van der Waals surface area contributed by atoms with Crippen molar-refractivity contribution in [1.82, 2.24) is 5.43 Å². The van der Waals surface area contributed by atoms with Crippen LogP contribution in [0.4, 0.5) is 0 Å². The minimum absolute atomic E-state index is 0.113. The number of nitrogens with zero attached hydrogens (tertiary/aromatic N) is 1. The molecule has 1 aliphatic heterocycles. The summed E-state index contributed by atoms with van der Waals surface area (Å²) >= 11 is 3.43. The van der Waals surface area contributed by atoms with Gasteiger partial charge in [0.2, 0.25) is 0 Å². The summed E-state index contributed by atoms with van der Waals surface area (Å²) < 4.78 is 6.18. The zero-order chi connectivity index (χ0) is 16.2. The summed E-state index contributed by atoms with van der Waals surface area (Å²) in [6.45, 7) is -0.335. The molecule has 3 rings (SSSR count). The monoisotopic (exact) mass is 374 g/mol. The van der Waals surface area contributed by atoms with E-state index >= 15 is 0 Å². The van der Waals surface area contributed by atoms with Crippen LogP contribution in [-0.4, -0.2) is 23.4 Å². The Morgan fingerprint density at radius 3 is 2.57 bits per heavy atom.